The van der Waals surface area contributed by atoms with Gasteiger partial charge in [-0.05, 0) is 43.2 Å². The van der Waals surface area contributed by atoms with E-state index in [9.17, 15) is 9.18 Å². The number of anilines is 1. The zero-order valence-corrected chi connectivity index (χ0v) is 18.8. The molecule has 0 saturated carbocycles. The van der Waals surface area contributed by atoms with Crippen molar-refractivity contribution in [2.45, 2.75) is 19.4 Å². The number of hydrogen-bond donors (Lipinski definition) is 1. The van der Waals surface area contributed by atoms with Crippen LogP contribution in [0.15, 0.2) is 61.1 Å². The van der Waals surface area contributed by atoms with Crippen molar-refractivity contribution in [2.24, 2.45) is 5.92 Å². The Morgan fingerprint density at radius 1 is 1.18 bits per heavy atom. The minimum Gasteiger partial charge on any atom is -0.496 e. The Hall–Kier alpha value is -4.01. The highest BCUT2D eigenvalue weighted by Gasteiger charge is 2.28. The van der Waals surface area contributed by atoms with Crippen LogP contribution in [-0.4, -0.2) is 45.9 Å². The Balaban J connectivity index is 1.32. The first kappa shape index (κ1) is 21.8. The maximum absolute atomic E-state index is 13.3. The summed E-state index contributed by atoms with van der Waals surface area (Å²) < 4.78 is 20.4. The van der Waals surface area contributed by atoms with E-state index in [0.717, 1.165) is 47.6 Å². The van der Waals surface area contributed by atoms with E-state index < -0.39 is 0 Å². The average Bonchev–Trinajstić information content (AvgIpc) is 3.32. The molecule has 0 bridgehead atoms. The van der Waals surface area contributed by atoms with Crippen molar-refractivity contribution < 1.29 is 13.9 Å². The molecule has 0 unspecified atom stereocenters. The van der Waals surface area contributed by atoms with Crippen molar-refractivity contribution in [1.82, 2.24) is 25.1 Å². The molecular formula is C25H25FN6O2. The monoisotopic (exact) mass is 460 g/mol. The molecule has 1 atom stereocenters. The van der Waals surface area contributed by atoms with Crippen molar-refractivity contribution in [1.29, 1.82) is 0 Å². The van der Waals surface area contributed by atoms with Gasteiger partial charge in [-0.1, -0.05) is 18.2 Å². The maximum Gasteiger partial charge on any atom is 0.225 e. The lowest BCUT2D eigenvalue weighted by Crippen LogP contribution is -2.43. The number of carbonyl (C=O) groups excluding carboxylic acids is 1. The fraction of sp³-hybridized carbons (Fsp3) is 0.280. The number of amides is 1. The van der Waals surface area contributed by atoms with Gasteiger partial charge in [-0.15, -0.1) is 5.10 Å². The molecule has 8 nitrogen and oxygen atoms in total. The molecule has 1 amide bonds. The van der Waals surface area contributed by atoms with E-state index in [1.54, 1.807) is 23.9 Å². The molecule has 4 aromatic rings. The van der Waals surface area contributed by atoms with Crippen molar-refractivity contribution in [2.75, 3.05) is 25.1 Å². The number of para-hydroxylation sites is 1. The lowest BCUT2D eigenvalue weighted by Gasteiger charge is -2.33. The van der Waals surface area contributed by atoms with Crippen LogP contribution in [0.2, 0.25) is 0 Å². The Morgan fingerprint density at radius 3 is 2.82 bits per heavy atom. The number of nitrogens with zero attached hydrogens (tertiary/aromatic N) is 5. The second kappa shape index (κ2) is 9.46. The van der Waals surface area contributed by atoms with Crippen LogP contribution >= 0.6 is 0 Å². The Labute approximate surface area is 196 Å². The zero-order valence-electron chi connectivity index (χ0n) is 18.8. The lowest BCUT2D eigenvalue weighted by atomic mass is 9.97. The Bertz CT molecular complexity index is 1310. The molecule has 2 aromatic heterocycles. The van der Waals surface area contributed by atoms with E-state index in [-0.39, 0.29) is 17.6 Å². The minimum absolute atomic E-state index is 0.0166. The number of aromatic nitrogens is 4. The summed E-state index contributed by atoms with van der Waals surface area (Å²) in [6.07, 6.45) is 5.04. The molecule has 1 N–H and O–H groups in total. The fourth-order valence-electron chi connectivity index (χ4n) is 4.36. The second-order valence-corrected chi connectivity index (χ2v) is 8.30. The molecule has 5 rings (SSSR count). The molecule has 174 valence electrons. The average molecular weight is 461 g/mol. The molecule has 1 saturated heterocycles. The smallest absolute Gasteiger partial charge is 0.225 e. The third-order valence-electron chi connectivity index (χ3n) is 6.12. The van der Waals surface area contributed by atoms with Crippen LogP contribution in [0.1, 0.15) is 18.4 Å². The van der Waals surface area contributed by atoms with Crippen molar-refractivity contribution in [3.05, 3.63) is 72.4 Å². The normalized spacial score (nSPS) is 15.9. The highest BCUT2D eigenvalue weighted by atomic mass is 19.1. The molecular weight excluding hydrogens is 435 g/mol. The van der Waals surface area contributed by atoms with Crippen LogP contribution in [0.3, 0.4) is 0 Å². The van der Waals surface area contributed by atoms with Crippen LogP contribution in [0.25, 0.3) is 16.7 Å². The van der Waals surface area contributed by atoms with Crippen LogP contribution in [-0.2, 0) is 11.3 Å². The number of carbonyl (C=O) groups is 1. The number of ether oxygens (including phenoxy) is 1. The Kier molecular flexibility index (Phi) is 6.07. The van der Waals surface area contributed by atoms with E-state index in [1.165, 1.54) is 18.5 Å². The quantitative estimate of drug-likeness (QED) is 0.474. The van der Waals surface area contributed by atoms with E-state index in [4.69, 9.17) is 4.74 Å². The summed E-state index contributed by atoms with van der Waals surface area (Å²) in [5, 5.41) is 8.38. The number of piperidine rings is 1. The Morgan fingerprint density at radius 2 is 2.00 bits per heavy atom. The molecule has 0 spiro atoms. The summed E-state index contributed by atoms with van der Waals surface area (Å²) in [7, 11) is 1.63. The second-order valence-electron chi connectivity index (χ2n) is 8.30. The number of rotatable bonds is 6. The predicted octanol–water partition coefficient (Wildman–Crippen LogP) is 3.50. The molecule has 1 aliphatic rings. The van der Waals surface area contributed by atoms with Gasteiger partial charge >= 0.3 is 0 Å². The standard InChI is InChI=1S/C25H25FN6O2/c1-34-22-7-3-2-5-17(22)13-27-25(33)18-6-4-12-31(14-18)24-21-15-32(30-23(21)28-16-29-24)20-10-8-19(26)9-11-20/h2-3,5,7-11,15-16,18H,4,6,12-14H2,1H3,(H,27,33)/t18-/m1/s1. The van der Waals surface area contributed by atoms with E-state index in [2.05, 4.69) is 25.3 Å². The van der Waals surface area contributed by atoms with Crippen LogP contribution in [0, 0.1) is 11.7 Å². The van der Waals surface area contributed by atoms with E-state index >= 15 is 0 Å². The first-order chi connectivity index (χ1) is 16.6. The van der Waals surface area contributed by atoms with E-state index in [1.807, 2.05) is 30.5 Å². The molecule has 2 aromatic carbocycles. The first-order valence-corrected chi connectivity index (χ1v) is 11.2. The van der Waals surface area contributed by atoms with Gasteiger partial charge in [-0.3, -0.25) is 4.79 Å². The highest BCUT2D eigenvalue weighted by molar-refractivity contribution is 5.87. The number of fused-ring (bicyclic) bond motifs is 1. The lowest BCUT2D eigenvalue weighted by molar-refractivity contribution is -0.125. The van der Waals surface area contributed by atoms with Gasteiger partial charge in [-0.2, -0.15) is 0 Å². The van der Waals surface area contributed by atoms with Gasteiger partial charge in [0.2, 0.25) is 5.91 Å². The van der Waals surface area contributed by atoms with Gasteiger partial charge in [0.25, 0.3) is 0 Å². The molecule has 1 aliphatic heterocycles. The van der Waals surface area contributed by atoms with E-state index in [0.29, 0.717) is 18.7 Å². The molecule has 34 heavy (non-hydrogen) atoms. The van der Waals surface area contributed by atoms with Crippen molar-refractivity contribution in [3.63, 3.8) is 0 Å². The van der Waals surface area contributed by atoms with Gasteiger partial charge in [0.15, 0.2) is 5.65 Å². The number of hydrogen-bond acceptors (Lipinski definition) is 6. The minimum atomic E-state index is -0.302. The summed E-state index contributed by atoms with van der Waals surface area (Å²) in [4.78, 5) is 23.9. The number of nitrogens with one attached hydrogen (secondary N) is 1. The summed E-state index contributed by atoms with van der Waals surface area (Å²) in [6, 6.07) is 13.8. The van der Waals surface area contributed by atoms with Gasteiger partial charge in [-0.25, -0.2) is 19.0 Å². The molecule has 3 heterocycles. The fourth-order valence-corrected chi connectivity index (χ4v) is 4.36. The third kappa shape index (κ3) is 4.41. The predicted molar refractivity (Wildman–Crippen MR) is 126 cm³/mol. The van der Waals surface area contributed by atoms with Crippen LogP contribution < -0.4 is 15.0 Å². The summed E-state index contributed by atoms with van der Waals surface area (Å²) >= 11 is 0. The van der Waals surface area contributed by atoms with Crippen LogP contribution in [0.4, 0.5) is 10.2 Å². The molecule has 0 radical (unpaired) electrons. The topological polar surface area (TPSA) is 85.2 Å². The van der Waals surface area contributed by atoms with Crippen LogP contribution in [0.5, 0.6) is 5.75 Å². The maximum atomic E-state index is 13.3. The molecule has 0 aliphatic carbocycles. The molecule has 9 heteroatoms. The largest absolute Gasteiger partial charge is 0.496 e. The summed E-state index contributed by atoms with van der Waals surface area (Å²) in [6.45, 7) is 1.78. The number of benzene rings is 2. The third-order valence-corrected chi connectivity index (χ3v) is 6.12. The van der Waals surface area contributed by atoms with Gasteiger partial charge in [0.1, 0.15) is 23.7 Å². The van der Waals surface area contributed by atoms with Gasteiger partial charge in [0.05, 0.1) is 24.1 Å². The molecule has 1 fully saturated rings. The number of methoxy groups -OCH3 is 1. The van der Waals surface area contributed by atoms with Gasteiger partial charge in [0, 0.05) is 31.4 Å². The summed E-state index contributed by atoms with van der Waals surface area (Å²) in [5.74, 6) is 1.07. The van der Waals surface area contributed by atoms with Gasteiger partial charge < -0.3 is 15.0 Å². The first-order valence-electron chi connectivity index (χ1n) is 11.2. The SMILES string of the molecule is COc1ccccc1CNC(=O)[C@@H]1CCCN(c2ncnc3nn(-c4ccc(F)cc4)cc23)C1. The highest BCUT2D eigenvalue weighted by Crippen LogP contribution is 2.28. The van der Waals surface area contributed by atoms with Crippen molar-refractivity contribution >= 4 is 22.8 Å². The van der Waals surface area contributed by atoms with Crippen molar-refractivity contribution in [3.8, 4) is 11.4 Å². The summed E-state index contributed by atoms with van der Waals surface area (Å²) in [5.41, 5.74) is 2.23. The number of halogens is 1. The zero-order chi connectivity index (χ0) is 23.5.